The summed E-state index contributed by atoms with van der Waals surface area (Å²) in [7, 11) is 0. The van der Waals surface area contributed by atoms with Gasteiger partial charge in [0.1, 0.15) is 0 Å². The van der Waals surface area contributed by atoms with E-state index in [9.17, 15) is 0 Å². The number of hydrogen-bond acceptors (Lipinski definition) is 0. The molecule has 0 saturated heterocycles. The highest BCUT2D eigenvalue weighted by Gasteiger charge is 3.05. The Morgan fingerprint density at radius 1 is 0.485 bits per heavy atom. The standard InChI is InChI=1S/C33H54/c1-16(2)24-26-20(7)18(5)23(10)31-14-29(31,12)25(17(3)4)27-21(8)19(6)22(9)30(13-28(24,30)11)33(27)15-32(26,31)33/h16-27H,13-15H2,1-12H3/t18-,19-,20?,21?,22-,23?,24?,25?,26?,27?,28+,29-,30+,31+,32-,33-/m0/s1. The van der Waals surface area contributed by atoms with Gasteiger partial charge in [-0.05, 0) is 123 Å². The lowest BCUT2D eigenvalue weighted by Gasteiger charge is -2.71. The highest BCUT2D eigenvalue weighted by Crippen LogP contribution is 3.10. The third kappa shape index (κ3) is 1.63. The normalized spacial score (nSPS) is 72.5. The molecular formula is C33H54. The van der Waals surface area contributed by atoms with Gasteiger partial charge in [0, 0.05) is 0 Å². The fraction of sp³-hybridized carbons (Fsp3) is 1.00. The van der Waals surface area contributed by atoms with E-state index in [1.807, 2.05) is 0 Å². The summed E-state index contributed by atoms with van der Waals surface area (Å²) in [5, 5.41) is 0. The van der Waals surface area contributed by atoms with Gasteiger partial charge >= 0.3 is 0 Å². The maximum Gasteiger partial charge on any atom is -0.0128 e. The minimum atomic E-state index is 0.595. The minimum absolute atomic E-state index is 0.595. The summed E-state index contributed by atoms with van der Waals surface area (Å²) < 4.78 is 0. The fourth-order valence-corrected chi connectivity index (χ4v) is 16.1. The van der Waals surface area contributed by atoms with E-state index >= 15 is 0 Å². The van der Waals surface area contributed by atoms with Gasteiger partial charge in [-0.15, -0.1) is 0 Å². The Bertz CT molecular complexity index is 856. The Balaban J connectivity index is 1.58. The van der Waals surface area contributed by atoms with Gasteiger partial charge in [-0.25, -0.2) is 0 Å². The fourth-order valence-electron chi connectivity index (χ4n) is 16.1. The van der Waals surface area contributed by atoms with Crippen molar-refractivity contribution in [3.8, 4) is 0 Å². The molecule has 7 saturated carbocycles. The smallest absolute Gasteiger partial charge is 0.0128 e. The molecule has 0 nitrogen and oxygen atoms in total. The van der Waals surface area contributed by atoms with Crippen LogP contribution in [-0.2, 0) is 0 Å². The van der Waals surface area contributed by atoms with Crippen LogP contribution >= 0.6 is 0 Å². The maximum atomic E-state index is 2.83. The number of rotatable bonds is 2. The van der Waals surface area contributed by atoms with Gasteiger partial charge in [-0.1, -0.05) is 83.1 Å². The van der Waals surface area contributed by atoms with Crippen LogP contribution in [0.3, 0.4) is 0 Å². The van der Waals surface area contributed by atoms with Crippen molar-refractivity contribution in [2.45, 2.75) is 102 Å². The minimum Gasteiger partial charge on any atom is -0.0625 e. The molecule has 186 valence electrons. The second-order valence-corrected chi connectivity index (χ2v) is 16.9. The molecule has 0 heterocycles. The summed E-state index contributed by atoms with van der Waals surface area (Å²) in [5.41, 5.74) is 3.82. The molecule has 0 aromatic heterocycles. The van der Waals surface area contributed by atoms with Crippen molar-refractivity contribution in [3.63, 3.8) is 0 Å². The van der Waals surface area contributed by atoms with Crippen LogP contribution in [0.4, 0.5) is 0 Å². The Hall–Kier alpha value is 0. The largest absolute Gasteiger partial charge is 0.0625 e. The molecule has 4 spiro atoms. The molecule has 7 fully saturated rings. The summed E-state index contributed by atoms with van der Waals surface area (Å²) in [4.78, 5) is 0. The SMILES string of the molecule is CC(C)C1C2C(C)[C@H](C)[C@H](C)[C@]34C[C@]3(C)C(C(C)C)C3C(C)[C@H](C)C(C)[C@@]5(C[C@@]15C)[C@]31C[C@@]214. The predicted octanol–water partition coefficient (Wildman–Crippen LogP) is 8.80. The molecular weight excluding hydrogens is 396 g/mol. The molecule has 7 aliphatic carbocycles. The molecule has 7 aliphatic rings. The van der Waals surface area contributed by atoms with Crippen molar-refractivity contribution < 1.29 is 0 Å². The summed E-state index contributed by atoms with van der Waals surface area (Å²) >= 11 is 0. The van der Waals surface area contributed by atoms with Crippen molar-refractivity contribution in [3.05, 3.63) is 0 Å². The Kier molecular flexibility index (Phi) is 3.68. The third-order valence-electron chi connectivity index (χ3n) is 16.6. The van der Waals surface area contributed by atoms with Gasteiger partial charge in [-0.2, -0.15) is 0 Å². The van der Waals surface area contributed by atoms with Crippen LogP contribution in [0.5, 0.6) is 0 Å². The molecule has 0 aliphatic heterocycles. The first-order chi connectivity index (χ1) is 15.2. The van der Waals surface area contributed by atoms with Gasteiger partial charge in [0.05, 0.1) is 0 Å². The Morgan fingerprint density at radius 2 is 0.818 bits per heavy atom. The lowest BCUT2D eigenvalue weighted by atomic mass is 9.32. The quantitative estimate of drug-likeness (QED) is 0.394. The lowest BCUT2D eigenvalue weighted by Crippen LogP contribution is -2.68. The summed E-state index contributed by atoms with van der Waals surface area (Å²) in [5.74, 6) is 10.9. The first kappa shape index (κ1) is 22.2. The van der Waals surface area contributed by atoms with Crippen molar-refractivity contribution >= 4 is 0 Å². The second-order valence-electron chi connectivity index (χ2n) is 16.9. The number of hydrogen-bond donors (Lipinski definition) is 0. The van der Waals surface area contributed by atoms with Gasteiger partial charge < -0.3 is 0 Å². The van der Waals surface area contributed by atoms with E-state index in [-0.39, 0.29) is 0 Å². The van der Waals surface area contributed by atoms with Crippen LogP contribution < -0.4 is 0 Å². The molecule has 0 amide bonds. The van der Waals surface area contributed by atoms with E-state index in [1.165, 1.54) is 0 Å². The summed E-state index contributed by atoms with van der Waals surface area (Å²) in [6.45, 7) is 32.5. The topological polar surface area (TPSA) is 0 Å². The molecule has 16 atom stereocenters. The van der Waals surface area contributed by atoms with Crippen LogP contribution in [0.1, 0.15) is 102 Å². The van der Waals surface area contributed by atoms with Gasteiger partial charge in [-0.3, -0.25) is 0 Å². The van der Waals surface area contributed by atoms with Crippen LogP contribution in [0.25, 0.3) is 0 Å². The van der Waals surface area contributed by atoms with E-state index in [1.54, 1.807) is 19.3 Å². The molecule has 33 heavy (non-hydrogen) atoms. The van der Waals surface area contributed by atoms with E-state index < -0.39 is 0 Å². The van der Waals surface area contributed by atoms with Crippen LogP contribution in [0.2, 0.25) is 0 Å². The van der Waals surface area contributed by atoms with Gasteiger partial charge in [0.2, 0.25) is 0 Å². The lowest BCUT2D eigenvalue weighted by molar-refractivity contribution is -0.250. The molecule has 0 bridgehead atoms. The monoisotopic (exact) mass is 450 g/mol. The average molecular weight is 451 g/mol. The van der Waals surface area contributed by atoms with Crippen LogP contribution in [-0.4, -0.2) is 0 Å². The van der Waals surface area contributed by atoms with Crippen molar-refractivity contribution in [2.24, 2.45) is 104 Å². The van der Waals surface area contributed by atoms with Crippen LogP contribution in [0.15, 0.2) is 0 Å². The first-order valence-corrected chi connectivity index (χ1v) is 15.2. The molecule has 0 N–H and O–H groups in total. The van der Waals surface area contributed by atoms with Gasteiger partial charge in [0.15, 0.2) is 0 Å². The summed E-state index contributed by atoms with van der Waals surface area (Å²) in [6, 6.07) is 0. The highest BCUT2D eigenvalue weighted by atomic mass is 15.1. The first-order valence-electron chi connectivity index (χ1n) is 15.2. The van der Waals surface area contributed by atoms with E-state index in [0.29, 0.717) is 32.5 Å². The highest BCUT2D eigenvalue weighted by molar-refractivity contribution is 5.52. The molecule has 0 radical (unpaired) electrons. The zero-order chi connectivity index (χ0) is 24.0. The Morgan fingerprint density at radius 3 is 1.12 bits per heavy atom. The molecule has 0 heteroatoms. The molecule has 0 aromatic rings. The second kappa shape index (κ2) is 5.47. The van der Waals surface area contributed by atoms with Crippen molar-refractivity contribution in [2.75, 3.05) is 0 Å². The Labute approximate surface area is 205 Å². The van der Waals surface area contributed by atoms with E-state index in [2.05, 4.69) is 83.1 Å². The zero-order valence-corrected chi connectivity index (χ0v) is 24.0. The van der Waals surface area contributed by atoms with Crippen molar-refractivity contribution in [1.82, 2.24) is 0 Å². The zero-order valence-electron chi connectivity index (χ0n) is 24.0. The molecule has 7 unspecified atom stereocenters. The summed E-state index contributed by atoms with van der Waals surface area (Å²) in [6.07, 6.45) is 4.78. The molecule has 0 aromatic carbocycles. The van der Waals surface area contributed by atoms with E-state index in [0.717, 1.165) is 71.0 Å². The average Bonchev–Trinajstić information content (AvgIpc) is 3.64. The maximum absolute atomic E-state index is 2.83. The van der Waals surface area contributed by atoms with Gasteiger partial charge in [0.25, 0.3) is 0 Å². The van der Waals surface area contributed by atoms with Crippen LogP contribution in [0, 0.1) is 104 Å². The van der Waals surface area contributed by atoms with Crippen molar-refractivity contribution in [1.29, 1.82) is 0 Å². The third-order valence-corrected chi connectivity index (χ3v) is 16.6. The van der Waals surface area contributed by atoms with E-state index in [4.69, 9.17) is 0 Å². The molecule has 7 rings (SSSR count). The predicted molar refractivity (Wildman–Crippen MR) is 138 cm³/mol.